The van der Waals surface area contributed by atoms with Gasteiger partial charge >= 0.3 is 0 Å². The quantitative estimate of drug-likeness (QED) is 0.811. The lowest BCUT2D eigenvalue weighted by molar-refractivity contribution is 0.481. The maximum atomic E-state index is 13.7. The van der Waals surface area contributed by atoms with Gasteiger partial charge in [-0.3, -0.25) is 4.55 Å². The van der Waals surface area contributed by atoms with E-state index in [2.05, 4.69) is 0 Å². The van der Waals surface area contributed by atoms with Gasteiger partial charge in [0.1, 0.15) is 5.82 Å². The predicted octanol–water partition coefficient (Wildman–Crippen LogP) is 1.31. The van der Waals surface area contributed by atoms with Gasteiger partial charge in [0.25, 0.3) is 10.1 Å². The molecule has 0 saturated carbocycles. The van der Waals surface area contributed by atoms with Gasteiger partial charge in [-0.05, 0) is 29.3 Å². The first-order valence-electron chi connectivity index (χ1n) is 5.96. The van der Waals surface area contributed by atoms with Gasteiger partial charge in [0.05, 0.1) is 9.79 Å². The number of primary sulfonamides is 1. The number of benzene rings is 2. The SMILES string of the molecule is NS(=O)(=O)c1cccc(S(=O)(=O)O)c1Cc1ccccc1F. The highest BCUT2D eigenvalue weighted by molar-refractivity contribution is 7.89. The van der Waals surface area contributed by atoms with Crippen molar-refractivity contribution in [3.8, 4) is 0 Å². The van der Waals surface area contributed by atoms with Crippen molar-refractivity contribution in [3.05, 3.63) is 59.4 Å². The second kappa shape index (κ2) is 5.76. The van der Waals surface area contributed by atoms with Crippen LogP contribution in [0.3, 0.4) is 0 Å². The van der Waals surface area contributed by atoms with Gasteiger partial charge in [0.15, 0.2) is 0 Å². The van der Waals surface area contributed by atoms with E-state index in [1.165, 1.54) is 18.2 Å². The molecule has 0 radical (unpaired) electrons. The molecule has 0 heterocycles. The summed E-state index contributed by atoms with van der Waals surface area (Å²) in [6, 6.07) is 8.75. The van der Waals surface area contributed by atoms with Crippen molar-refractivity contribution in [2.75, 3.05) is 0 Å². The van der Waals surface area contributed by atoms with E-state index in [0.29, 0.717) is 0 Å². The van der Waals surface area contributed by atoms with E-state index < -0.39 is 35.7 Å². The van der Waals surface area contributed by atoms with E-state index in [9.17, 15) is 25.8 Å². The van der Waals surface area contributed by atoms with Gasteiger partial charge in [0, 0.05) is 6.42 Å². The minimum absolute atomic E-state index is 0.0727. The fourth-order valence-electron chi connectivity index (χ4n) is 2.06. The Hall–Kier alpha value is -1.81. The molecule has 0 aliphatic carbocycles. The van der Waals surface area contributed by atoms with Crippen LogP contribution in [-0.4, -0.2) is 21.4 Å². The van der Waals surface area contributed by atoms with E-state index in [1.54, 1.807) is 0 Å². The molecular weight excluding hydrogens is 333 g/mol. The van der Waals surface area contributed by atoms with Gasteiger partial charge in [0.2, 0.25) is 10.0 Å². The molecule has 0 unspecified atom stereocenters. The molecule has 0 aliphatic heterocycles. The topological polar surface area (TPSA) is 115 Å². The van der Waals surface area contributed by atoms with Crippen LogP contribution in [0.1, 0.15) is 11.1 Å². The summed E-state index contributed by atoms with van der Waals surface area (Å²) in [7, 11) is -8.94. The Morgan fingerprint density at radius 2 is 1.55 bits per heavy atom. The zero-order valence-electron chi connectivity index (χ0n) is 11.1. The fourth-order valence-corrected chi connectivity index (χ4v) is 3.66. The third-order valence-corrected chi connectivity index (χ3v) is 4.93. The first-order valence-corrected chi connectivity index (χ1v) is 8.95. The lowest BCUT2D eigenvalue weighted by Crippen LogP contribution is -2.17. The van der Waals surface area contributed by atoms with E-state index in [0.717, 1.165) is 24.3 Å². The summed E-state index contributed by atoms with van der Waals surface area (Å²) in [6.07, 6.45) is -0.353. The van der Waals surface area contributed by atoms with Gasteiger partial charge in [-0.1, -0.05) is 24.3 Å². The van der Waals surface area contributed by atoms with Gasteiger partial charge in [-0.15, -0.1) is 0 Å². The van der Waals surface area contributed by atoms with Crippen LogP contribution in [-0.2, 0) is 26.6 Å². The molecule has 9 heteroatoms. The van der Waals surface area contributed by atoms with Gasteiger partial charge < -0.3 is 0 Å². The number of hydrogen-bond acceptors (Lipinski definition) is 4. The van der Waals surface area contributed by atoms with Crippen molar-refractivity contribution < 1.29 is 25.8 Å². The van der Waals surface area contributed by atoms with E-state index in [1.807, 2.05) is 0 Å². The number of halogens is 1. The minimum Gasteiger partial charge on any atom is -0.282 e. The van der Waals surface area contributed by atoms with Crippen LogP contribution in [0.4, 0.5) is 4.39 Å². The normalized spacial score (nSPS) is 12.3. The Balaban J connectivity index is 2.74. The van der Waals surface area contributed by atoms with Crippen molar-refractivity contribution in [1.29, 1.82) is 0 Å². The molecule has 2 aromatic rings. The third kappa shape index (κ3) is 3.50. The number of sulfonamides is 1. The molecular formula is C13H12FNO5S2. The first-order chi connectivity index (χ1) is 10.1. The fraction of sp³-hybridized carbons (Fsp3) is 0.0769. The van der Waals surface area contributed by atoms with Crippen molar-refractivity contribution in [3.63, 3.8) is 0 Å². The number of rotatable bonds is 4. The molecule has 0 atom stereocenters. The standard InChI is InChI=1S/C13H12FNO5S2/c14-11-5-2-1-4-9(11)8-10-12(21(15,16)17)6-3-7-13(10)22(18,19)20/h1-7H,8H2,(H2,15,16,17)(H,18,19,20). The lowest BCUT2D eigenvalue weighted by Gasteiger charge is -2.12. The molecule has 0 aromatic heterocycles. The van der Waals surface area contributed by atoms with Crippen molar-refractivity contribution in [2.24, 2.45) is 5.14 Å². The number of hydrogen-bond donors (Lipinski definition) is 2. The molecule has 0 spiro atoms. The summed E-state index contributed by atoms with van der Waals surface area (Å²) in [5, 5.41) is 5.06. The molecule has 0 aliphatic rings. The summed E-state index contributed by atoms with van der Waals surface area (Å²) in [5.41, 5.74) is -0.207. The Morgan fingerprint density at radius 3 is 2.09 bits per heavy atom. The zero-order valence-corrected chi connectivity index (χ0v) is 12.7. The molecule has 0 saturated heterocycles. The van der Waals surface area contributed by atoms with Crippen LogP contribution in [0.5, 0.6) is 0 Å². The van der Waals surface area contributed by atoms with E-state index in [-0.39, 0.29) is 17.5 Å². The van der Waals surface area contributed by atoms with Crippen molar-refractivity contribution >= 4 is 20.1 Å². The highest BCUT2D eigenvalue weighted by Gasteiger charge is 2.24. The minimum atomic E-state index is -4.69. The largest absolute Gasteiger partial charge is 0.294 e. The predicted molar refractivity (Wildman–Crippen MR) is 76.8 cm³/mol. The first kappa shape index (κ1) is 16.6. The average molecular weight is 345 g/mol. The van der Waals surface area contributed by atoms with E-state index >= 15 is 0 Å². The molecule has 2 rings (SSSR count). The highest BCUT2D eigenvalue weighted by Crippen LogP contribution is 2.26. The summed E-state index contributed by atoms with van der Waals surface area (Å²) in [6.45, 7) is 0. The maximum Gasteiger partial charge on any atom is 0.294 e. The van der Waals surface area contributed by atoms with Crippen LogP contribution in [0.15, 0.2) is 52.3 Å². The van der Waals surface area contributed by atoms with Crippen LogP contribution in [0, 0.1) is 5.82 Å². The third-order valence-electron chi connectivity index (χ3n) is 3.00. The Bertz CT molecular complexity index is 873. The van der Waals surface area contributed by atoms with Crippen LogP contribution in [0.2, 0.25) is 0 Å². The van der Waals surface area contributed by atoms with Crippen LogP contribution in [0.25, 0.3) is 0 Å². The molecule has 6 nitrogen and oxygen atoms in total. The summed E-state index contributed by atoms with van der Waals surface area (Å²) >= 11 is 0. The highest BCUT2D eigenvalue weighted by atomic mass is 32.2. The second-order valence-electron chi connectivity index (χ2n) is 4.52. The zero-order chi connectivity index (χ0) is 16.5. The second-order valence-corrected chi connectivity index (χ2v) is 7.44. The molecule has 2 aromatic carbocycles. The molecule has 0 fully saturated rings. The molecule has 22 heavy (non-hydrogen) atoms. The summed E-state index contributed by atoms with van der Waals surface area (Å²) in [4.78, 5) is -1.10. The summed E-state index contributed by atoms with van der Waals surface area (Å²) < 4.78 is 69.1. The van der Waals surface area contributed by atoms with Crippen LogP contribution >= 0.6 is 0 Å². The van der Waals surface area contributed by atoms with Crippen molar-refractivity contribution in [1.82, 2.24) is 0 Å². The van der Waals surface area contributed by atoms with Crippen LogP contribution < -0.4 is 5.14 Å². The Morgan fingerprint density at radius 1 is 0.955 bits per heavy atom. The molecule has 0 amide bonds. The average Bonchev–Trinajstić information content (AvgIpc) is 2.39. The lowest BCUT2D eigenvalue weighted by atomic mass is 10.0. The maximum absolute atomic E-state index is 13.7. The van der Waals surface area contributed by atoms with Gasteiger partial charge in [-0.2, -0.15) is 8.42 Å². The smallest absolute Gasteiger partial charge is 0.282 e. The molecule has 118 valence electrons. The molecule has 3 N–H and O–H groups in total. The Labute approximate surface area is 127 Å². The monoisotopic (exact) mass is 345 g/mol. The van der Waals surface area contributed by atoms with Gasteiger partial charge in [-0.25, -0.2) is 17.9 Å². The molecule has 0 bridgehead atoms. The number of nitrogens with two attached hydrogens (primary N) is 1. The summed E-state index contributed by atoms with van der Waals surface area (Å²) in [5.74, 6) is -0.631. The van der Waals surface area contributed by atoms with E-state index in [4.69, 9.17) is 5.14 Å². The Kier molecular flexibility index (Phi) is 4.34. The van der Waals surface area contributed by atoms with Crippen molar-refractivity contribution in [2.45, 2.75) is 16.2 Å².